The lowest BCUT2D eigenvalue weighted by Gasteiger charge is -2.09. The zero-order valence-corrected chi connectivity index (χ0v) is 12.0. The molecule has 1 aliphatic rings. The second kappa shape index (κ2) is 5.06. The van der Waals surface area contributed by atoms with Gasteiger partial charge in [0, 0.05) is 24.5 Å². The maximum atomic E-state index is 5.98. The van der Waals surface area contributed by atoms with E-state index in [1.807, 2.05) is 47.1 Å². The summed E-state index contributed by atoms with van der Waals surface area (Å²) in [5, 5.41) is 4.20. The first-order valence-electron chi connectivity index (χ1n) is 6.88. The van der Waals surface area contributed by atoms with E-state index in [9.17, 15) is 0 Å². The van der Waals surface area contributed by atoms with Crippen molar-refractivity contribution in [1.29, 1.82) is 0 Å². The fourth-order valence-electron chi connectivity index (χ4n) is 2.66. The number of nitrogens with one attached hydrogen (secondary N) is 1. The van der Waals surface area contributed by atoms with Crippen LogP contribution in [0.4, 0.5) is 0 Å². The zero-order chi connectivity index (χ0) is 14.2. The number of pyridine rings is 1. The number of nitrogens with zero attached hydrogens (tertiary/aromatic N) is 2. The van der Waals surface area contributed by atoms with Crippen LogP contribution in [0, 0.1) is 0 Å². The van der Waals surface area contributed by atoms with E-state index in [0.717, 1.165) is 17.1 Å². The van der Waals surface area contributed by atoms with Crippen molar-refractivity contribution in [2.24, 2.45) is 0 Å². The second-order valence-electron chi connectivity index (χ2n) is 5.13. The molecule has 1 aromatic carbocycles. The van der Waals surface area contributed by atoms with Crippen molar-refractivity contribution >= 4 is 17.2 Å². The molecule has 3 aromatic rings. The van der Waals surface area contributed by atoms with Crippen LogP contribution in [0.1, 0.15) is 17.3 Å². The Morgan fingerprint density at radius 2 is 2.14 bits per heavy atom. The molecule has 21 heavy (non-hydrogen) atoms. The molecule has 1 aliphatic heterocycles. The molecule has 2 aromatic heterocycles. The summed E-state index contributed by atoms with van der Waals surface area (Å²) in [5.74, 6) is 0.969. The average Bonchev–Trinajstić information content (AvgIpc) is 3.08. The van der Waals surface area contributed by atoms with Gasteiger partial charge in [0.05, 0.1) is 16.8 Å². The van der Waals surface area contributed by atoms with E-state index in [4.69, 9.17) is 16.3 Å². The van der Waals surface area contributed by atoms with Crippen LogP contribution >= 0.6 is 11.6 Å². The molecular formula is C16H14ClN3O. The molecule has 0 bridgehead atoms. The molecule has 1 atom stereocenters. The predicted molar refractivity (Wildman–Crippen MR) is 81.7 cm³/mol. The SMILES string of the molecule is Clc1ccc2nc(CNC3COc4ccccc43)cn2c1. The summed E-state index contributed by atoms with van der Waals surface area (Å²) < 4.78 is 7.61. The number of ether oxygens (including phenoxy) is 1. The van der Waals surface area contributed by atoms with Crippen molar-refractivity contribution in [2.75, 3.05) is 6.61 Å². The van der Waals surface area contributed by atoms with Gasteiger partial charge in [-0.15, -0.1) is 0 Å². The predicted octanol–water partition coefficient (Wildman–Crippen LogP) is 3.21. The number of halogens is 1. The Balaban J connectivity index is 1.51. The Morgan fingerprint density at radius 3 is 3.10 bits per heavy atom. The van der Waals surface area contributed by atoms with E-state index in [-0.39, 0.29) is 6.04 Å². The van der Waals surface area contributed by atoms with Crippen LogP contribution in [0.2, 0.25) is 5.02 Å². The summed E-state index contributed by atoms with van der Waals surface area (Å²) in [6.45, 7) is 1.36. The molecular weight excluding hydrogens is 286 g/mol. The third kappa shape index (κ3) is 2.37. The monoisotopic (exact) mass is 299 g/mol. The van der Waals surface area contributed by atoms with Crippen molar-refractivity contribution in [3.8, 4) is 5.75 Å². The molecule has 106 valence electrons. The van der Waals surface area contributed by atoms with Crippen LogP contribution in [-0.4, -0.2) is 16.0 Å². The Morgan fingerprint density at radius 1 is 1.24 bits per heavy atom. The second-order valence-corrected chi connectivity index (χ2v) is 5.56. The molecule has 4 rings (SSSR count). The van der Waals surface area contributed by atoms with Crippen molar-refractivity contribution < 1.29 is 4.74 Å². The highest BCUT2D eigenvalue weighted by molar-refractivity contribution is 6.30. The summed E-state index contributed by atoms with van der Waals surface area (Å²) in [7, 11) is 0. The van der Waals surface area contributed by atoms with Crippen LogP contribution < -0.4 is 10.1 Å². The van der Waals surface area contributed by atoms with Gasteiger partial charge in [0.1, 0.15) is 18.0 Å². The van der Waals surface area contributed by atoms with E-state index >= 15 is 0 Å². The van der Waals surface area contributed by atoms with E-state index in [2.05, 4.69) is 16.4 Å². The third-order valence-corrected chi connectivity index (χ3v) is 3.92. The maximum absolute atomic E-state index is 5.98. The third-order valence-electron chi connectivity index (χ3n) is 3.69. The molecule has 0 saturated carbocycles. The minimum atomic E-state index is 0.217. The number of rotatable bonds is 3. The summed E-state index contributed by atoms with van der Waals surface area (Å²) in [6.07, 6.45) is 3.86. The van der Waals surface area contributed by atoms with Crippen LogP contribution in [0.15, 0.2) is 48.8 Å². The minimum Gasteiger partial charge on any atom is -0.491 e. The topological polar surface area (TPSA) is 38.6 Å². The number of hydrogen-bond acceptors (Lipinski definition) is 3. The number of fused-ring (bicyclic) bond motifs is 2. The molecule has 0 amide bonds. The lowest BCUT2D eigenvalue weighted by molar-refractivity contribution is 0.310. The first-order valence-corrected chi connectivity index (χ1v) is 7.26. The number of imidazole rings is 1. The van der Waals surface area contributed by atoms with Gasteiger partial charge in [-0.25, -0.2) is 4.98 Å². The smallest absolute Gasteiger partial charge is 0.137 e. The van der Waals surface area contributed by atoms with Crippen molar-refractivity contribution in [1.82, 2.24) is 14.7 Å². The van der Waals surface area contributed by atoms with Gasteiger partial charge in [0.25, 0.3) is 0 Å². The molecule has 0 saturated heterocycles. The fourth-order valence-corrected chi connectivity index (χ4v) is 2.83. The number of benzene rings is 1. The lowest BCUT2D eigenvalue weighted by atomic mass is 10.1. The average molecular weight is 300 g/mol. The summed E-state index contributed by atoms with van der Waals surface area (Å²) in [5.41, 5.74) is 3.10. The number of aromatic nitrogens is 2. The van der Waals surface area contributed by atoms with Crippen LogP contribution in [-0.2, 0) is 6.54 Å². The molecule has 3 heterocycles. The molecule has 0 radical (unpaired) electrons. The first kappa shape index (κ1) is 12.7. The molecule has 5 heteroatoms. The van der Waals surface area contributed by atoms with E-state index in [0.29, 0.717) is 18.2 Å². The molecule has 0 fully saturated rings. The molecule has 0 aliphatic carbocycles. The fraction of sp³-hybridized carbons (Fsp3) is 0.188. The Kier molecular flexibility index (Phi) is 3.05. The highest BCUT2D eigenvalue weighted by Crippen LogP contribution is 2.31. The van der Waals surface area contributed by atoms with Gasteiger partial charge in [-0.3, -0.25) is 0 Å². The van der Waals surface area contributed by atoms with Gasteiger partial charge in [-0.1, -0.05) is 29.8 Å². The number of hydrogen-bond donors (Lipinski definition) is 1. The maximum Gasteiger partial charge on any atom is 0.137 e. The lowest BCUT2D eigenvalue weighted by Crippen LogP contribution is -2.22. The number of para-hydroxylation sites is 1. The van der Waals surface area contributed by atoms with E-state index < -0.39 is 0 Å². The van der Waals surface area contributed by atoms with Gasteiger partial charge in [0.2, 0.25) is 0 Å². The summed E-state index contributed by atoms with van der Waals surface area (Å²) in [6, 6.07) is 12.1. The standard InChI is InChI=1S/C16H14ClN3O/c17-11-5-6-16-19-12(9-20(16)8-11)7-18-14-10-21-15-4-2-1-3-13(14)15/h1-6,8-9,14,18H,7,10H2. The first-order chi connectivity index (χ1) is 10.3. The van der Waals surface area contributed by atoms with E-state index in [1.165, 1.54) is 5.56 Å². The Bertz CT molecular complexity index is 799. The molecule has 1 N–H and O–H groups in total. The quantitative estimate of drug-likeness (QED) is 0.807. The largest absolute Gasteiger partial charge is 0.491 e. The van der Waals surface area contributed by atoms with Crippen LogP contribution in [0.3, 0.4) is 0 Å². The highest BCUT2D eigenvalue weighted by Gasteiger charge is 2.23. The highest BCUT2D eigenvalue weighted by atomic mass is 35.5. The normalized spacial score (nSPS) is 16.9. The van der Waals surface area contributed by atoms with Crippen LogP contribution in [0.5, 0.6) is 5.75 Å². The molecule has 1 unspecified atom stereocenters. The van der Waals surface area contributed by atoms with Crippen molar-refractivity contribution in [3.05, 3.63) is 65.1 Å². The van der Waals surface area contributed by atoms with Gasteiger partial charge < -0.3 is 14.5 Å². The summed E-state index contributed by atoms with van der Waals surface area (Å²) in [4.78, 5) is 4.57. The van der Waals surface area contributed by atoms with Crippen LogP contribution in [0.25, 0.3) is 5.65 Å². The van der Waals surface area contributed by atoms with Gasteiger partial charge in [-0.2, -0.15) is 0 Å². The van der Waals surface area contributed by atoms with Gasteiger partial charge in [-0.05, 0) is 18.2 Å². The Labute approximate surface area is 127 Å². The van der Waals surface area contributed by atoms with Gasteiger partial charge in [0.15, 0.2) is 0 Å². The minimum absolute atomic E-state index is 0.217. The Hall–Kier alpha value is -2.04. The van der Waals surface area contributed by atoms with E-state index in [1.54, 1.807) is 0 Å². The molecule has 0 spiro atoms. The van der Waals surface area contributed by atoms with Gasteiger partial charge >= 0.3 is 0 Å². The van der Waals surface area contributed by atoms with Crippen molar-refractivity contribution in [3.63, 3.8) is 0 Å². The summed E-state index contributed by atoms with van der Waals surface area (Å²) >= 11 is 5.98. The molecule has 4 nitrogen and oxygen atoms in total. The zero-order valence-electron chi connectivity index (χ0n) is 11.3. The van der Waals surface area contributed by atoms with Crippen molar-refractivity contribution in [2.45, 2.75) is 12.6 Å².